The molecule has 0 spiro atoms. The minimum Gasteiger partial charge on any atom is -0.384 e. The summed E-state index contributed by atoms with van der Waals surface area (Å²) >= 11 is 0. The van der Waals surface area contributed by atoms with Crippen LogP contribution < -0.4 is 5.56 Å². The van der Waals surface area contributed by atoms with Crippen LogP contribution in [0.25, 0.3) is 21.7 Å². The minimum atomic E-state index is -0.977. The van der Waals surface area contributed by atoms with E-state index < -0.39 is 5.60 Å². The Balaban J connectivity index is 1.62. The zero-order valence-electron chi connectivity index (χ0n) is 18.4. The van der Waals surface area contributed by atoms with Crippen molar-refractivity contribution in [2.75, 3.05) is 13.2 Å². The predicted octanol–water partition coefficient (Wildman–Crippen LogP) is 4.11. The van der Waals surface area contributed by atoms with E-state index in [2.05, 4.69) is 11.1 Å². The Morgan fingerprint density at radius 1 is 1.06 bits per heavy atom. The largest absolute Gasteiger partial charge is 0.384 e. The molecule has 0 unspecified atom stereocenters. The maximum atomic E-state index is 13.5. The van der Waals surface area contributed by atoms with E-state index in [-0.39, 0.29) is 11.6 Å². The van der Waals surface area contributed by atoms with Crippen LogP contribution in [0.1, 0.15) is 49.6 Å². The average Bonchev–Trinajstić information content (AvgIpc) is 2.80. The maximum absolute atomic E-state index is 13.5. The molecule has 0 aliphatic carbocycles. The van der Waals surface area contributed by atoms with Crippen LogP contribution in [-0.4, -0.2) is 32.9 Å². The third-order valence-corrected chi connectivity index (χ3v) is 6.31. The lowest BCUT2D eigenvalue weighted by Gasteiger charge is -2.24. The molecule has 0 saturated carbocycles. The highest BCUT2D eigenvalue weighted by Gasteiger charge is 2.20. The van der Waals surface area contributed by atoms with Gasteiger partial charge in [-0.15, -0.1) is 0 Å². The van der Waals surface area contributed by atoms with Crippen molar-refractivity contribution < 1.29 is 9.84 Å². The molecule has 6 heteroatoms. The molecule has 1 N–H and O–H groups in total. The SMILES string of the molecule is CC(C)(O)c1ccc(Cc2cc3c(=O)n(C4CCOCC4)cnc3c3ccccc23)cn1. The predicted molar refractivity (Wildman–Crippen MR) is 125 cm³/mol. The van der Waals surface area contributed by atoms with E-state index in [1.807, 2.05) is 36.4 Å². The van der Waals surface area contributed by atoms with Crippen LogP contribution in [0.2, 0.25) is 0 Å². The van der Waals surface area contributed by atoms with Gasteiger partial charge in [0.25, 0.3) is 5.56 Å². The average molecular weight is 430 g/mol. The third-order valence-electron chi connectivity index (χ3n) is 6.31. The Morgan fingerprint density at radius 2 is 1.81 bits per heavy atom. The molecule has 164 valence electrons. The van der Waals surface area contributed by atoms with E-state index in [0.717, 1.165) is 40.3 Å². The number of aliphatic hydroxyl groups is 1. The smallest absolute Gasteiger partial charge is 0.261 e. The van der Waals surface area contributed by atoms with Crippen molar-refractivity contribution in [3.8, 4) is 0 Å². The van der Waals surface area contributed by atoms with Crippen molar-refractivity contribution in [3.05, 3.63) is 82.2 Å². The van der Waals surface area contributed by atoms with Gasteiger partial charge in [-0.1, -0.05) is 30.3 Å². The van der Waals surface area contributed by atoms with E-state index in [0.29, 0.717) is 30.7 Å². The summed E-state index contributed by atoms with van der Waals surface area (Å²) < 4.78 is 7.24. The molecule has 6 nitrogen and oxygen atoms in total. The number of pyridine rings is 1. The summed E-state index contributed by atoms with van der Waals surface area (Å²) in [7, 11) is 0. The summed E-state index contributed by atoms with van der Waals surface area (Å²) in [5.41, 5.74) is 2.49. The topological polar surface area (TPSA) is 77.2 Å². The quantitative estimate of drug-likeness (QED) is 0.494. The molecule has 0 atom stereocenters. The first kappa shape index (κ1) is 20.8. The summed E-state index contributed by atoms with van der Waals surface area (Å²) in [5, 5.41) is 12.9. The summed E-state index contributed by atoms with van der Waals surface area (Å²) in [6.07, 6.45) is 5.79. The highest BCUT2D eigenvalue weighted by molar-refractivity contribution is 6.06. The summed E-state index contributed by atoms with van der Waals surface area (Å²) in [6.45, 7) is 4.79. The molecule has 0 bridgehead atoms. The second-order valence-electron chi connectivity index (χ2n) is 9.07. The van der Waals surface area contributed by atoms with Crippen LogP contribution in [0.4, 0.5) is 0 Å². The number of aromatic nitrogens is 3. The Hall–Kier alpha value is -3.09. The van der Waals surface area contributed by atoms with Gasteiger partial charge in [0.1, 0.15) is 5.60 Å². The Kier molecular flexibility index (Phi) is 5.27. The van der Waals surface area contributed by atoms with Crippen molar-refractivity contribution in [2.24, 2.45) is 0 Å². The molecule has 1 aliphatic heterocycles. The molecule has 1 fully saturated rings. The van der Waals surface area contributed by atoms with E-state index in [4.69, 9.17) is 9.72 Å². The van der Waals surface area contributed by atoms with Gasteiger partial charge in [-0.25, -0.2) is 4.98 Å². The van der Waals surface area contributed by atoms with Crippen LogP contribution >= 0.6 is 0 Å². The number of hydrogen-bond donors (Lipinski definition) is 1. The molecule has 32 heavy (non-hydrogen) atoms. The zero-order valence-corrected chi connectivity index (χ0v) is 18.4. The number of nitrogens with zero attached hydrogens (tertiary/aromatic N) is 3. The first-order valence-corrected chi connectivity index (χ1v) is 11.1. The van der Waals surface area contributed by atoms with Crippen LogP contribution in [-0.2, 0) is 16.8 Å². The molecule has 2 aromatic heterocycles. The van der Waals surface area contributed by atoms with Gasteiger partial charge in [0.05, 0.1) is 22.9 Å². The monoisotopic (exact) mass is 429 g/mol. The van der Waals surface area contributed by atoms with Gasteiger partial charge < -0.3 is 9.84 Å². The fraction of sp³-hybridized carbons (Fsp3) is 0.346. The lowest BCUT2D eigenvalue weighted by molar-refractivity contribution is 0.0685. The lowest BCUT2D eigenvalue weighted by Crippen LogP contribution is -2.29. The Bertz CT molecular complexity index is 1330. The highest BCUT2D eigenvalue weighted by atomic mass is 16.5. The number of ether oxygens (including phenoxy) is 1. The maximum Gasteiger partial charge on any atom is 0.261 e. The summed E-state index contributed by atoms with van der Waals surface area (Å²) in [6, 6.07) is 14.1. The lowest BCUT2D eigenvalue weighted by atomic mass is 9.96. The van der Waals surface area contributed by atoms with Gasteiger partial charge >= 0.3 is 0 Å². The summed E-state index contributed by atoms with van der Waals surface area (Å²) in [5.74, 6) is 0. The van der Waals surface area contributed by atoms with Crippen molar-refractivity contribution in [1.82, 2.24) is 14.5 Å². The van der Waals surface area contributed by atoms with Crippen molar-refractivity contribution in [1.29, 1.82) is 0 Å². The van der Waals surface area contributed by atoms with Crippen molar-refractivity contribution >= 4 is 21.7 Å². The van der Waals surface area contributed by atoms with Gasteiger partial charge in [-0.3, -0.25) is 14.3 Å². The standard InChI is InChI=1S/C26H27N3O3/c1-26(2,31)23-8-7-17(15-27-23)13-18-14-22-24(21-6-4-3-5-20(18)21)28-16-29(25(22)30)19-9-11-32-12-10-19/h3-8,14-16,19,31H,9-13H2,1-2H3. The highest BCUT2D eigenvalue weighted by Crippen LogP contribution is 2.29. The second-order valence-corrected chi connectivity index (χ2v) is 9.07. The molecule has 1 aliphatic rings. The van der Waals surface area contributed by atoms with Crippen LogP contribution in [0, 0.1) is 0 Å². The third kappa shape index (κ3) is 3.80. The van der Waals surface area contributed by atoms with Crippen molar-refractivity contribution in [3.63, 3.8) is 0 Å². The molecule has 1 saturated heterocycles. The number of hydrogen-bond acceptors (Lipinski definition) is 5. The fourth-order valence-electron chi connectivity index (χ4n) is 4.53. The van der Waals surface area contributed by atoms with E-state index in [1.54, 1.807) is 30.9 Å². The van der Waals surface area contributed by atoms with E-state index in [1.165, 1.54) is 0 Å². The molecule has 0 amide bonds. The van der Waals surface area contributed by atoms with E-state index in [9.17, 15) is 9.90 Å². The molecule has 5 rings (SSSR count). The Labute approximate surface area is 186 Å². The zero-order chi connectivity index (χ0) is 22.3. The Morgan fingerprint density at radius 3 is 2.50 bits per heavy atom. The summed E-state index contributed by atoms with van der Waals surface area (Å²) in [4.78, 5) is 22.6. The van der Waals surface area contributed by atoms with Crippen LogP contribution in [0.5, 0.6) is 0 Å². The van der Waals surface area contributed by atoms with Gasteiger partial charge in [-0.2, -0.15) is 0 Å². The first-order valence-electron chi connectivity index (χ1n) is 11.1. The molecule has 2 aromatic carbocycles. The van der Waals surface area contributed by atoms with Gasteiger partial charge in [0.15, 0.2) is 0 Å². The van der Waals surface area contributed by atoms with Gasteiger partial charge in [0, 0.05) is 30.8 Å². The minimum absolute atomic E-state index is 0.00408. The van der Waals surface area contributed by atoms with Crippen LogP contribution in [0.3, 0.4) is 0 Å². The number of fused-ring (bicyclic) bond motifs is 3. The molecule has 4 aromatic rings. The molecular weight excluding hydrogens is 402 g/mol. The second kappa shape index (κ2) is 8.11. The molecular formula is C26H27N3O3. The molecule has 0 radical (unpaired) electrons. The van der Waals surface area contributed by atoms with Crippen molar-refractivity contribution in [2.45, 2.75) is 44.8 Å². The van der Waals surface area contributed by atoms with Gasteiger partial charge in [0.2, 0.25) is 0 Å². The van der Waals surface area contributed by atoms with Crippen LogP contribution in [0.15, 0.2) is 59.8 Å². The molecule has 3 heterocycles. The fourth-order valence-corrected chi connectivity index (χ4v) is 4.53. The number of rotatable bonds is 4. The number of benzene rings is 2. The van der Waals surface area contributed by atoms with E-state index >= 15 is 0 Å². The first-order chi connectivity index (χ1) is 15.4. The van der Waals surface area contributed by atoms with Gasteiger partial charge in [-0.05, 0) is 61.8 Å². The normalized spacial score (nSPS) is 15.5.